The van der Waals surface area contributed by atoms with Crippen LogP contribution in [0.15, 0.2) is 16.7 Å². The van der Waals surface area contributed by atoms with Gasteiger partial charge in [0.15, 0.2) is 0 Å². The maximum absolute atomic E-state index is 11.9. The van der Waals surface area contributed by atoms with E-state index in [1.165, 1.54) is 6.26 Å². The third kappa shape index (κ3) is 2.04. The molecule has 0 aromatic carbocycles. The van der Waals surface area contributed by atoms with Crippen molar-refractivity contribution in [3.63, 3.8) is 0 Å². The van der Waals surface area contributed by atoms with Gasteiger partial charge in [-0.15, -0.1) is 0 Å². The van der Waals surface area contributed by atoms with Gasteiger partial charge in [-0.3, -0.25) is 4.79 Å². The molecule has 0 saturated carbocycles. The standard InChI is InChI=1S/C11H15NO3/c1-8-4-10(7-15-8)11(14)12-3-2-9(5-12)6-13/h4,7,9,13H,2-3,5-6H2,1H3. The molecular weight excluding hydrogens is 194 g/mol. The number of amides is 1. The van der Waals surface area contributed by atoms with Gasteiger partial charge in [0.05, 0.1) is 5.56 Å². The molecule has 1 atom stereocenters. The van der Waals surface area contributed by atoms with E-state index in [1.54, 1.807) is 11.0 Å². The fourth-order valence-corrected chi connectivity index (χ4v) is 1.90. The number of aliphatic hydroxyl groups is 1. The van der Waals surface area contributed by atoms with E-state index in [0.717, 1.165) is 18.7 Å². The van der Waals surface area contributed by atoms with Crippen molar-refractivity contribution in [3.05, 3.63) is 23.7 Å². The summed E-state index contributed by atoms with van der Waals surface area (Å²) in [5.74, 6) is 0.987. The molecule has 0 radical (unpaired) electrons. The van der Waals surface area contributed by atoms with E-state index in [2.05, 4.69) is 0 Å². The van der Waals surface area contributed by atoms with Crippen LogP contribution in [0, 0.1) is 12.8 Å². The normalized spacial score (nSPS) is 20.9. The van der Waals surface area contributed by atoms with Crippen LogP contribution in [0.2, 0.25) is 0 Å². The molecule has 0 bridgehead atoms. The number of carbonyl (C=O) groups is 1. The third-order valence-corrected chi connectivity index (χ3v) is 2.81. The van der Waals surface area contributed by atoms with Gasteiger partial charge < -0.3 is 14.4 Å². The molecule has 1 aromatic heterocycles. The van der Waals surface area contributed by atoms with Crippen LogP contribution in [0.4, 0.5) is 0 Å². The van der Waals surface area contributed by atoms with Crippen LogP contribution in [0.5, 0.6) is 0 Å². The van der Waals surface area contributed by atoms with E-state index in [4.69, 9.17) is 9.52 Å². The van der Waals surface area contributed by atoms with E-state index < -0.39 is 0 Å². The van der Waals surface area contributed by atoms with Gasteiger partial charge in [0.1, 0.15) is 12.0 Å². The maximum atomic E-state index is 11.9. The van der Waals surface area contributed by atoms with Crippen molar-refractivity contribution in [2.45, 2.75) is 13.3 Å². The summed E-state index contributed by atoms with van der Waals surface area (Å²) < 4.78 is 5.10. The monoisotopic (exact) mass is 209 g/mol. The van der Waals surface area contributed by atoms with Crippen molar-refractivity contribution in [2.75, 3.05) is 19.7 Å². The van der Waals surface area contributed by atoms with Gasteiger partial charge in [-0.25, -0.2) is 0 Å². The van der Waals surface area contributed by atoms with Gasteiger partial charge in [-0.1, -0.05) is 0 Å². The lowest BCUT2D eigenvalue weighted by Crippen LogP contribution is -2.28. The summed E-state index contributed by atoms with van der Waals surface area (Å²) >= 11 is 0. The Balaban J connectivity index is 2.03. The first-order valence-corrected chi connectivity index (χ1v) is 5.16. The summed E-state index contributed by atoms with van der Waals surface area (Å²) in [4.78, 5) is 13.7. The Kier molecular flexibility index (Phi) is 2.77. The Morgan fingerprint density at radius 1 is 1.73 bits per heavy atom. The van der Waals surface area contributed by atoms with Crippen molar-refractivity contribution in [2.24, 2.45) is 5.92 Å². The Morgan fingerprint density at radius 3 is 3.07 bits per heavy atom. The number of furan rings is 1. The van der Waals surface area contributed by atoms with Crippen LogP contribution in [0.25, 0.3) is 0 Å². The average Bonchev–Trinajstić information content (AvgIpc) is 2.84. The van der Waals surface area contributed by atoms with Crippen LogP contribution in [-0.4, -0.2) is 35.6 Å². The zero-order valence-corrected chi connectivity index (χ0v) is 8.77. The molecule has 1 N–H and O–H groups in total. The van der Waals surface area contributed by atoms with Crippen molar-refractivity contribution in [3.8, 4) is 0 Å². The highest BCUT2D eigenvalue weighted by atomic mass is 16.3. The van der Waals surface area contributed by atoms with Crippen molar-refractivity contribution in [1.29, 1.82) is 0 Å². The number of aliphatic hydroxyl groups excluding tert-OH is 1. The van der Waals surface area contributed by atoms with E-state index in [0.29, 0.717) is 12.1 Å². The zero-order valence-electron chi connectivity index (χ0n) is 8.77. The van der Waals surface area contributed by atoms with Gasteiger partial charge in [-0.05, 0) is 19.4 Å². The lowest BCUT2D eigenvalue weighted by atomic mass is 10.1. The Labute approximate surface area is 88.5 Å². The first-order chi connectivity index (χ1) is 7.20. The number of likely N-dealkylation sites (tertiary alicyclic amines) is 1. The molecule has 1 saturated heterocycles. The lowest BCUT2D eigenvalue weighted by Gasteiger charge is -2.14. The molecule has 4 nitrogen and oxygen atoms in total. The van der Waals surface area contributed by atoms with Crippen molar-refractivity contribution in [1.82, 2.24) is 4.90 Å². The highest BCUT2D eigenvalue weighted by molar-refractivity contribution is 5.94. The van der Waals surface area contributed by atoms with Gasteiger partial charge in [0.25, 0.3) is 5.91 Å². The van der Waals surface area contributed by atoms with Crippen LogP contribution in [0.3, 0.4) is 0 Å². The van der Waals surface area contributed by atoms with Gasteiger partial charge >= 0.3 is 0 Å². The van der Waals surface area contributed by atoms with E-state index in [-0.39, 0.29) is 18.4 Å². The summed E-state index contributed by atoms with van der Waals surface area (Å²) in [6.45, 7) is 3.36. The van der Waals surface area contributed by atoms with E-state index in [9.17, 15) is 4.79 Å². The molecule has 0 spiro atoms. The molecule has 1 fully saturated rings. The summed E-state index contributed by atoms with van der Waals surface area (Å²) in [5.41, 5.74) is 0.603. The molecular formula is C11H15NO3. The summed E-state index contributed by atoms with van der Waals surface area (Å²) in [6.07, 6.45) is 2.38. The van der Waals surface area contributed by atoms with Crippen LogP contribution in [-0.2, 0) is 0 Å². The molecule has 0 aliphatic carbocycles. The number of aryl methyl sites for hydroxylation is 1. The van der Waals surface area contributed by atoms with Gasteiger partial charge in [0, 0.05) is 25.6 Å². The first kappa shape index (κ1) is 10.2. The van der Waals surface area contributed by atoms with E-state index >= 15 is 0 Å². The van der Waals surface area contributed by atoms with Crippen LogP contribution >= 0.6 is 0 Å². The number of nitrogens with zero attached hydrogens (tertiary/aromatic N) is 1. The van der Waals surface area contributed by atoms with Crippen molar-refractivity contribution < 1.29 is 14.3 Å². The second kappa shape index (κ2) is 4.06. The highest BCUT2D eigenvalue weighted by Gasteiger charge is 2.26. The van der Waals surface area contributed by atoms with Crippen LogP contribution < -0.4 is 0 Å². The number of hydrogen-bond donors (Lipinski definition) is 1. The predicted octanol–water partition coefficient (Wildman–Crippen LogP) is 1.04. The lowest BCUT2D eigenvalue weighted by molar-refractivity contribution is 0.0781. The Hall–Kier alpha value is -1.29. The quantitative estimate of drug-likeness (QED) is 0.791. The van der Waals surface area contributed by atoms with Crippen LogP contribution in [0.1, 0.15) is 22.5 Å². The van der Waals surface area contributed by atoms with E-state index in [1.807, 2.05) is 6.92 Å². The predicted molar refractivity (Wildman–Crippen MR) is 54.5 cm³/mol. The number of carbonyl (C=O) groups excluding carboxylic acids is 1. The summed E-state index contributed by atoms with van der Waals surface area (Å²) in [5, 5.41) is 8.98. The minimum atomic E-state index is 0.00259. The Bertz CT molecular complexity index is 358. The minimum Gasteiger partial charge on any atom is -0.469 e. The third-order valence-electron chi connectivity index (χ3n) is 2.81. The Morgan fingerprint density at radius 2 is 2.53 bits per heavy atom. The summed E-state index contributed by atoms with van der Waals surface area (Å²) in [6, 6.07) is 1.74. The molecule has 4 heteroatoms. The second-order valence-corrected chi connectivity index (χ2v) is 4.03. The topological polar surface area (TPSA) is 53.7 Å². The average molecular weight is 209 g/mol. The smallest absolute Gasteiger partial charge is 0.257 e. The molecule has 2 heterocycles. The number of hydrogen-bond acceptors (Lipinski definition) is 3. The number of rotatable bonds is 2. The molecule has 2 rings (SSSR count). The molecule has 82 valence electrons. The molecule has 1 aromatic rings. The zero-order chi connectivity index (χ0) is 10.8. The largest absolute Gasteiger partial charge is 0.469 e. The first-order valence-electron chi connectivity index (χ1n) is 5.16. The van der Waals surface area contributed by atoms with Crippen molar-refractivity contribution >= 4 is 5.91 Å². The molecule has 1 aliphatic heterocycles. The fraction of sp³-hybridized carbons (Fsp3) is 0.545. The fourth-order valence-electron chi connectivity index (χ4n) is 1.90. The summed E-state index contributed by atoms with van der Waals surface area (Å²) in [7, 11) is 0. The van der Waals surface area contributed by atoms with Gasteiger partial charge in [0.2, 0.25) is 0 Å². The molecule has 15 heavy (non-hydrogen) atoms. The SMILES string of the molecule is Cc1cc(C(=O)N2CCC(CO)C2)co1. The molecule has 1 unspecified atom stereocenters. The highest BCUT2D eigenvalue weighted by Crippen LogP contribution is 2.19. The van der Waals surface area contributed by atoms with Gasteiger partial charge in [-0.2, -0.15) is 0 Å². The minimum absolute atomic E-state index is 0.00259. The molecule has 1 aliphatic rings. The molecule has 1 amide bonds. The second-order valence-electron chi connectivity index (χ2n) is 4.03. The maximum Gasteiger partial charge on any atom is 0.257 e.